The van der Waals surface area contributed by atoms with E-state index in [1.165, 1.54) is 25.7 Å². The largest absolute Gasteiger partial charge is 0.381 e. The standard InChI is InChI=1S/C13H24N2O2/c16-13(15-6-3-1-2-4-7-15)10-14-9-12-5-8-17-11-12/h12,14H,1-11H2. The number of hydrogen-bond acceptors (Lipinski definition) is 3. The van der Waals surface area contributed by atoms with E-state index in [1.807, 2.05) is 4.90 Å². The highest BCUT2D eigenvalue weighted by Crippen LogP contribution is 2.11. The van der Waals surface area contributed by atoms with Gasteiger partial charge in [0.05, 0.1) is 13.2 Å². The molecule has 2 aliphatic heterocycles. The molecule has 4 heteroatoms. The number of likely N-dealkylation sites (tertiary alicyclic amines) is 1. The molecule has 0 aromatic heterocycles. The van der Waals surface area contributed by atoms with E-state index in [9.17, 15) is 4.79 Å². The van der Waals surface area contributed by atoms with Crippen LogP contribution in [0.5, 0.6) is 0 Å². The summed E-state index contributed by atoms with van der Waals surface area (Å²) >= 11 is 0. The Morgan fingerprint density at radius 1 is 1.24 bits per heavy atom. The van der Waals surface area contributed by atoms with Gasteiger partial charge in [0, 0.05) is 26.2 Å². The lowest BCUT2D eigenvalue weighted by Gasteiger charge is -2.20. The van der Waals surface area contributed by atoms with E-state index >= 15 is 0 Å². The van der Waals surface area contributed by atoms with Crippen molar-refractivity contribution >= 4 is 5.91 Å². The molecule has 1 atom stereocenters. The first-order chi connectivity index (χ1) is 8.36. The zero-order chi connectivity index (χ0) is 11.9. The van der Waals surface area contributed by atoms with Crippen LogP contribution in [0.2, 0.25) is 0 Å². The van der Waals surface area contributed by atoms with Gasteiger partial charge in [-0.25, -0.2) is 0 Å². The van der Waals surface area contributed by atoms with Crippen LogP contribution in [-0.2, 0) is 9.53 Å². The molecule has 0 radical (unpaired) electrons. The monoisotopic (exact) mass is 240 g/mol. The lowest BCUT2D eigenvalue weighted by atomic mass is 10.1. The van der Waals surface area contributed by atoms with Crippen molar-refractivity contribution in [1.82, 2.24) is 10.2 Å². The van der Waals surface area contributed by atoms with Gasteiger partial charge in [0.15, 0.2) is 0 Å². The smallest absolute Gasteiger partial charge is 0.236 e. The number of carbonyl (C=O) groups is 1. The molecule has 17 heavy (non-hydrogen) atoms. The second-order valence-electron chi connectivity index (χ2n) is 5.16. The topological polar surface area (TPSA) is 41.6 Å². The quantitative estimate of drug-likeness (QED) is 0.797. The Bertz CT molecular complexity index is 232. The Morgan fingerprint density at radius 2 is 2.00 bits per heavy atom. The molecule has 2 fully saturated rings. The molecule has 4 nitrogen and oxygen atoms in total. The maximum atomic E-state index is 12.0. The molecule has 0 aromatic carbocycles. The highest BCUT2D eigenvalue weighted by atomic mass is 16.5. The minimum atomic E-state index is 0.269. The Labute approximate surface area is 104 Å². The van der Waals surface area contributed by atoms with E-state index in [0.717, 1.165) is 39.3 Å². The lowest BCUT2D eigenvalue weighted by molar-refractivity contribution is -0.130. The van der Waals surface area contributed by atoms with E-state index in [2.05, 4.69) is 5.32 Å². The zero-order valence-corrected chi connectivity index (χ0v) is 10.6. The SMILES string of the molecule is O=C(CNCC1CCOC1)N1CCCCCC1. The van der Waals surface area contributed by atoms with Gasteiger partial charge in [0.1, 0.15) is 0 Å². The summed E-state index contributed by atoms with van der Waals surface area (Å²) in [4.78, 5) is 14.0. The van der Waals surface area contributed by atoms with Gasteiger partial charge in [-0.05, 0) is 25.2 Å². The fourth-order valence-corrected chi connectivity index (χ4v) is 2.56. The number of hydrogen-bond donors (Lipinski definition) is 1. The molecule has 1 N–H and O–H groups in total. The summed E-state index contributed by atoms with van der Waals surface area (Å²) in [6.45, 7) is 5.05. The van der Waals surface area contributed by atoms with E-state index < -0.39 is 0 Å². The van der Waals surface area contributed by atoms with Crippen LogP contribution in [0.15, 0.2) is 0 Å². The number of nitrogens with zero attached hydrogens (tertiary/aromatic N) is 1. The average Bonchev–Trinajstić information content (AvgIpc) is 2.69. The predicted octanol–water partition coefficient (Wildman–Crippen LogP) is 1.02. The summed E-state index contributed by atoms with van der Waals surface area (Å²) < 4.78 is 5.31. The van der Waals surface area contributed by atoms with Gasteiger partial charge in [-0.15, -0.1) is 0 Å². The van der Waals surface area contributed by atoms with Crippen molar-refractivity contribution in [2.45, 2.75) is 32.1 Å². The molecular formula is C13H24N2O2. The molecule has 2 heterocycles. The van der Waals surface area contributed by atoms with Crippen LogP contribution in [0.1, 0.15) is 32.1 Å². The summed E-state index contributed by atoms with van der Waals surface area (Å²) in [5.74, 6) is 0.873. The Balaban J connectivity index is 1.61. The number of amides is 1. The molecule has 0 aliphatic carbocycles. The maximum absolute atomic E-state index is 12.0. The maximum Gasteiger partial charge on any atom is 0.236 e. The summed E-state index contributed by atoms with van der Waals surface area (Å²) in [6.07, 6.45) is 6.02. The number of carbonyl (C=O) groups excluding carboxylic acids is 1. The van der Waals surface area contributed by atoms with Crippen LogP contribution in [0.4, 0.5) is 0 Å². The van der Waals surface area contributed by atoms with Crippen molar-refractivity contribution in [3.8, 4) is 0 Å². The van der Waals surface area contributed by atoms with Gasteiger partial charge in [-0.2, -0.15) is 0 Å². The second-order valence-corrected chi connectivity index (χ2v) is 5.16. The van der Waals surface area contributed by atoms with Crippen molar-refractivity contribution in [3.63, 3.8) is 0 Å². The summed E-state index contributed by atoms with van der Waals surface area (Å²) in [6, 6.07) is 0. The first kappa shape index (κ1) is 12.8. The van der Waals surface area contributed by atoms with E-state index in [4.69, 9.17) is 4.74 Å². The second kappa shape index (κ2) is 6.97. The van der Waals surface area contributed by atoms with E-state index in [1.54, 1.807) is 0 Å². The van der Waals surface area contributed by atoms with Crippen LogP contribution in [-0.4, -0.2) is 50.2 Å². The third kappa shape index (κ3) is 4.28. The first-order valence-electron chi connectivity index (χ1n) is 6.92. The molecule has 98 valence electrons. The van der Waals surface area contributed by atoms with Crippen LogP contribution in [0.3, 0.4) is 0 Å². The van der Waals surface area contributed by atoms with Crippen molar-refractivity contribution in [2.24, 2.45) is 5.92 Å². The normalized spacial score (nSPS) is 25.9. The molecule has 0 spiro atoms. The molecule has 1 unspecified atom stereocenters. The molecule has 0 bridgehead atoms. The number of ether oxygens (including phenoxy) is 1. The summed E-state index contributed by atoms with van der Waals surface area (Å²) in [5.41, 5.74) is 0. The summed E-state index contributed by atoms with van der Waals surface area (Å²) in [5, 5.41) is 3.27. The van der Waals surface area contributed by atoms with Crippen molar-refractivity contribution in [2.75, 3.05) is 39.4 Å². The molecular weight excluding hydrogens is 216 g/mol. The lowest BCUT2D eigenvalue weighted by Crippen LogP contribution is -2.40. The molecule has 2 saturated heterocycles. The Hall–Kier alpha value is -0.610. The fourth-order valence-electron chi connectivity index (χ4n) is 2.56. The van der Waals surface area contributed by atoms with Crippen LogP contribution >= 0.6 is 0 Å². The molecule has 0 saturated carbocycles. The predicted molar refractivity (Wildman–Crippen MR) is 66.8 cm³/mol. The third-order valence-electron chi connectivity index (χ3n) is 3.69. The van der Waals surface area contributed by atoms with Crippen LogP contribution in [0, 0.1) is 5.92 Å². The van der Waals surface area contributed by atoms with Crippen LogP contribution in [0.25, 0.3) is 0 Å². The number of nitrogens with one attached hydrogen (secondary N) is 1. The first-order valence-corrected chi connectivity index (χ1v) is 6.92. The minimum absolute atomic E-state index is 0.269. The fraction of sp³-hybridized carbons (Fsp3) is 0.923. The summed E-state index contributed by atoms with van der Waals surface area (Å²) in [7, 11) is 0. The van der Waals surface area contributed by atoms with Crippen molar-refractivity contribution in [1.29, 1.82) is 0 Å². The molecule has 2 aliphatic rings. The van der Waals surface area contributed by atoms with Gasteiger partial charge < -0.3 is 15.0 Å². The number of rotatable bonds is 4. The van der Waals surface area contributed by atoms with Crippen molar-refractivity contribution in [3.05, 3.63) is 0 Å². The van der Waals surface area contributed by atoms with Gasteiger partial charge in [-0.3, -0.25) is 4.79 Å². The van der Waals surface area contributed by atoms with Gasteiger partial charge in [-0.1, -0.05) is 12.8 Å². The average molecular weight is 240 g/mol. The highest BCUT2D eigenvalue weighted by molar-refractivity contribution is 5.78. The van der Waals surface area contributed by atoms with E-state index in [0.29, 0.717) is 12.5 Å². The molecule has 0 aromatic rings. The molecule has 2 rings (SSSR count). The van der Waals surface area contributed by atoms with E-state index in [-0.39, 0.29) is 5.91 Å². The Kier molecular flexibility index (Phi) is 5.26. The third-order valence-corrected chi connectivity index (χ3v) is 3.69. The van der Waals surface area contributed by atoms with Crippen molar-refractivity contribution < 1.29 is 9.53 Å². The van der Waals surface area contributed by atoms with Gasteiger partial charge >= 0.3 is 0 Å². The van der Waals surface area contributed by atoms with Gasteiger partial charge in [0.25, 0.3) is 0 Å². The minimum Gasteiger partial charge on any atom is -0.381 e. The Morgan fingerprint density at radius 3 is 2.65 bits per heavy atom. The highest BCUT2D eigenvalue weighted by Gasteiger charge is 2.17. The molecule has 1 amide bonds. The zero-order valence-electron chi connectivity index (χ0n) is 10.6. The van der Waals surface area contributed by atoms with Gasteiger partial charge in [0.2, 0.25) is 5.91 Å². The van der Waals surface area contributed by atoms with Crippen LogP contribution < -0.4 is 5.32 Å².